The number of aryl methyl sites for hydroxylation is 1. The Kier molecular flexibility index (Phi) is 6.17. The summed E-state index contributed by atoms with van der Waals surface area (Å²) in [6.45, 7) is 1.47. The maximum Gasteiger partial charge on any atom is 0.304 e. The van der Waals surface area contributed by atoms with Gasteiger partial charge < -0.3 is 5.11 Å². The highest BCUT2D eigenvalue weighted by Gasteiger charge is 2.23. The van der Waals surface area contributed by atoms with Crippen molar-refractivity contribution in [3.8, 4) is 0 Å². The molecule has 7 nitrogen and oxygen atoms in total. The van der Waals surface area contributed by atoms with E-state index in [-0.39, 0.29) is 27.7 Å². The molecule has 2 N–H and O–H groups in total. The Balaban J connectivity index is 2.48. The number of rotatable bonds is 8. The number of carboxylic acids is 1. The summed E-state index contributed by atoms with van der Waals surface area (Å²) in [4.78, 5) is 10.3. The van der Waals surface area contributed by atoms with Crippen molar-refractivity contribution in [2.45, 2.75) is 34.5 Å². The Morgan fingerprint density at radius 3 is 2.23 bits per heavy atom. The third-order valence-corrected chi connectivity index (χ3v) is 7.01. The third-order valence-electron chi connectivity index (χ3n) is 3.70. The van der Waals surface area contributed by atoms with E-state index in [1.54, 1.807) is 25.1 Å². The van der Waals surface area contributed by atoms with Crippen molar-refractivity contribution in [1.29, 1.82) is 0 Å². The Morgan fingerprint density at radius 1 is 1.00 bits per heavy atom. The number of hydrogen-bond donors (Lipinski definition) is 2. The summed E-state index contributed by atoms with van der Waals surface area (Å²) in [6.07, 6.45) is 0.00350. The van der Waals surface area contributed by atoms with Gasteiger partial charge in [-0.1, -0.05) is 31.2 Å². The first-order valence-corrected chi connectivity index (χ1v) is 10.8. The van der Waals surface area contributed by atoms with Crippen LogP contribution in [0.25, 0.3) is 0 Å². The Bertz CT molecular complexity index is 999. The van der Waals surface area contributed by atoms with Crippen LogP contribution in [-0.4, -0.2) is 34.5 Å². The molecule has 0 saturated carbocycles. The van der Waals surface area contributed by atoms with Gasteiger partial charge in [0.2, 0.25) is 19.9 Å². The van der Waals surface area contributed by atoms with E-state index in [0.717, 1.165) is 6.07 Å². The quantitative estimate of drug-likeness (QED) is 0.702. The summed E-state index contributed by atoms with van der Waals surface area (Å²) in [5, 5.41) is 8.64. The zero-order valence-corrected chi connectivity index (χ0v) is 15.7. The van der Waals surface area contributed by atoms with Crippen LogP contribution in [-0.2, 0) is 31.1 Å². The highest BCUT2D eigenvalue weighted by atomic mass is 32.2. The molecule has 0 heterocycles. The van der Waals surface area contributed by atoms with Crippen molar-refractivity contribution in [2.75, 3.05) is 6.54 Å². The summed E-state index contributed by atoms with van der Waals surface area (Å²) < 4.78 is 52.7. The molecule has 0 saturated heterocycles. The lowest BCUT2D eigenvalue weighted by molar-refractivity contribution is -0.136. The van der Waals surface area contributed by atoms with Crippen LogP contribution in [0.5, 0.6) is 0 Å². The van der Waals surface area contributed by atoms with Crippen molar-refractivity contribution in [3.63, 3.8) is 0 Å². The van der Waals surface area contributed by atoms with Crippen molar-refractivity contribution in [2.24, 2.45) is 0 Å². The van der Waals surface area contributed by atoms with Crippen molar-refractivity contribution in [3.05, 3.63) is 54.1 Å². The monoisotopic (exact) mass is 397 g/mol. The summed E-state index contributed by atoms with van der Waals surface area (Å²) in [5.74, 6) is -1.14. The fourth-order valence-electron chi connectivity index (χ4n) is 2.35. The Hall–Kier alpha value is -2.23. The van der Waals surface area contributed by atoms with E-state index in [2.05, 4.69) is 4.72 Å². The average Bonchev–Trinajstić information content (AvgIpc) is 2.61. The van der Waals surface area contributed by atoms with Crippen LogP contribution in [0.15, 0.2) is 63.2 Å². The lowest BCUT2D eigenvalue weighted by Gasteiger charge is -2.12. The topological polar surface area (TPSA) is 118 Å². The van der Waals surface area contributed by atoms with Crippen LogP contribution in [0, 0.1) is 0 Å². The molecule has 0 aliphatic heterocycles. The van der Waals surface area contributed by atoms with Gasteiger partial charge in [-0.05, 0) is 36.2 Å². The second-order valence-electron chi connectivity index (χ2n) is 5.48. The van der Waals surface area contributed by atoms with E-state index in [1.807, 2.05) is 0 Å². The minimum Gasteiger partial charge on any atom is -0.481 e. The molecule has 0 aliphatic carbocycles. The van der Waals surface area contributed by atoms with Gasteiger partial charge in [0, 0.05) is 6.54 Å². The molecule has 2 aromatic rings. The summed E-state index contributed by atoms with van der Waals surface area (Å²) in [5.41, 5.74) is 0.444. The van der Waals surface area contributed by atoms with E-state index in [9.17, 15) is 21.6 Å². The first-order chi connectivity index (χ1) is 12.2. The molecule has 0 fully saturated rings. The van der Waals surface area contributed by atoms with Crippen LogP contribution in [0.4, 0.5) is 0 Å². The van der Waals surface area contributed by atoms with E-state index >= 15 is 0 Å². The maximum absolute atomic E-state index is 12.7. The lowest BCUT2D eigenvalue weighted by Crippen LogP contribution is -2.27. The predicted octanol–water partition coefficient (Wildman–Crippen LogP) is 1.83. The fourth-order valence-corrected chi connectivity index (χ4v) is 5.10. The lowest BCUT2D eigenvalue weighted by atomic mass is 10.2. The van der Waals surface area contributed by atoms with Crippen LogP contribution in [0.1, 0.15) is 18.9 Å². The van der Waals surface area contributed by atoms with E-state index in [4.69, 9.17) is 5.11 Å². The first kappa shape index (κ1) is 20.1. The molecule has 0 atom stereocenters. The van der Waals surface area contributed by atoms with Crippen molar-refractivity contribution < 1.29 is 26.7 Å². The minimum absolute atomic E-state index is 0.0615. The second kappa shape index (κ2) is 7.98. The van der Waals surface area contributed by atoms with Gasteiger partial charge in [0.15, 0.2) is 0 Å². The molecule has 26 heavy (non-hydrogen) atoms. The van der Waals surface area contributed by atoms with Gasteiger partial charge in [0.1, 0.15) is 0 Å². The van der Waals surface area contributed by atoms with Crippen LogP contribution >= 0.6 is 0 Å². The summed E-state index contributed by atoms with van der Waals surface area (Å²) in [7, 11) is -7.91. The van der Waals surface area contributed by atoms with Gasteiger partial charge in [-0.15, -0.1) is 0 Å². The molecule has 0 aliphatic rings. The normalized spacial score (nSPS) is 12.0. The van der Waals surface area contributed by atoms with Crippen molar-refractivity contribution >= 4 is 25.8 Å². The van der Waals surface area contributed by atoms with Gasteiger partial charge in [0.05, 0.1) is 21.1 Å². The highest BCUT2D eigenvalue weighted by Crippen LogP contribution is 2.26. The number of sulfone groups is 1. The van der Waals surface area contributed by atoms with E-state index in [0.29, 0.717) is 12.0 Å². The maximum atomic E-state index is 12.7. The first-order valence-electron chi connectivity index (χ1n) is 7.83. The summed E-state index contributed by atoms with van der Waals surface area (Å²) >= 11 is 0. The van der Waals surface area contributed by atoms with E-state index < -0.39 is 25.8 Å². The average molecular weight is 397 g/mol. The van der Waals surface area contributed by atoms with Crippen LogP contribution < -0.4 is 4.72 Å². The molecule has 2 aromatic carbocycles. The predicted molar refractivity (Wildman–Crippen MR) is 95.2 cm³/mol. The SMILES string of the molecule is CCc1ccc(S(=O)(=O)c2ccccc2)cc1S(=O)(=O)NCCC(=O)O. The molecular formula is C17H19NO6S2. The van der Waals surface area contributed by atoms with Gasteiger partial charge >= 0.3 is 5.97 Å². The Morgan fingerprint density at radius 2 is 1.65 bits per heavy atom. The molecule has 140 valence electrons. The minimum atomic E-state index is -4.04. The molecule has 0 spiro atoms. The van der Waals surface area contributed by atoms with Crippen LogP contribution in [0.2, 0.25) is 0 Å². The smallest absolute Gasteiger partial charge is 0.304 e. The number of aliphatic carboxylic acids is 1. The zero-order chi connectivity index (χ0) is 19.4. The number of carboxylic acid groups (broad SMARTS) is 1. The highest BCUT2D eigenvalue weighted by molar-refractivity contribution is 7.91. The standard InChI is InChI=1S/C17H19NO6S2/c1-2-13-8-9-15(25(21,22)14-6-4-3-5-7-14)12-16(13)26(23,24)18-11-10-17(19)20/h3-9,12,18H,2,10-11H2,1H3,(H,19,20). The molecule has 2 rings (SSSR count). The molecule has 0 amide bonds. The molecule has 0 bridgehead atoms. The number of carbonyl (C=O) groups is 1. The van der Waals surface area contributed by atoms with Gasteiger partial charge in [0.25, 0.3) is 0 Å². The Labute approximate surface area is 152 Å². The molecule has 0 unspecified atom stereocenters. The number of sulfonamides is 1. The van der Waals surface area contributed by atoms with Crippen LogP contribution in [0.3, 0.4) is 0 Å². The summed E-state index contributed by atoms with van der Waals surface area (Å²) in [6, 6.07) is 11.7. The molecular weight excluding hydrogens is 378 g/mol. The number of benzene rings is 2. The number of hydrogen-bond acceptors (Lipinski definition) is 5. The van der Waals surface area contributed by atoms with Gasteiger partial charge in [-0.3, -0.25) is 4.79 Å². The third kappa shape index (κ3) is 4.48. The van der Waals surface area contributed by atoms with Gasteiger partial charge in [-0.25, -0.2) is 21.6 Å². The van der Waals surface area contributed by atoms with Crippen molar-refractivity contribution in [1.82, 2.24) is 4.72 Å². The van der Waals surface area contributed by atoms with E-state index in [1.165, 1.54) is 24.3 Å². The van der Waals surface area contributed by atoms with Gasteiger partial charge in [-0.2, -0.15) is 0 Å². The molecule has 9 heteroatoms. The fraction of sp³-hybridized carbons (Fsp3) is 0.235. The largest absolute Gasteiger partial charge is 0.481 e. The zero-order valence-electron chi connectivity index (χ0n) is 14.0. The molecule has 0 aromatic heterocycles. The molecule has 0 radical (unpaired) electrons. The number of nitrogens with one attached hydrogen (secondary N) is 1. The second-order valence-corrected chi connectivity index (χ2v) is 9.17.